The van der Waals surface area contributed by atoms with Gasteiger partial charge in [-0.05, 0) is 55.3 Å². The topological polar surface area (TPSA) is 71.5 Å². The van der Waals surface area contributed by atoms with Crippen LogP contribution in [0.1, 0.15) is 24.0 Å². The van der Waals surface area contributed by atoms with Gasteiger partial charge in [-0.15, -0.1) is 0 Å². The molecule has 6 nitrogen and oxygen atoms in total. The summed E-state index contributed by atoms with van der Waals surface area (Å²) in [5, 5.41) is 7.79. The number of nitrogens with two attached hydrogens (primary N) is 1. The lowest BCUT2D eigenvalue weighted by atomic mass is 10.1. The predicted octanol–water partition coefficient (Wildman–Crippen LogP) is 3.04. The number of rotatable bonds is 5. The summed E-state index contributed by atoms with van der Waals surface area (Å²) >= 11 is 0. The molecule has 3 heterocycles. The van der Waals surface area contributed by atoms with Crippen LogP contribution in [0.2, 0.25) is 0 Å². The summed E-state index contributed by atoms with van der Waals surface area (Å²) in [4.78, 5) is 6.94. The highest BCUT2D eigenvalue weighted by Crippen LogP contribution is 2.25. The lowest BCUT2D eigenvalue weighted by Gasteiger charge is -2.29. The Bertz CT molecular complexity index is 908. The average molecular weight is 348 g/mol. The smallest absolute Gasteiger partial charge is 0.158 e. The molecule has 3 aromatic rings. The molecule has 1 fully saturated rings. The molecule has 0 amide bonds. The third-order valence-electron chi connectivity index (χ3n) is 4.95. The first kappa shape index (κ1) is 16.8. The van der Waals surface area contributed by atoms with Crippen LogP contribution in [0, 0.1) is 0 Å². The molecule has 1 aliphatic heterocycles. The van der Waals surface area contributed by atoms with E-state index >= 15 is 0 Å². The van der Waals surface area contributed by atoms with E-state index in [4.69, 9.17) is 5.73 Å². The van der Waals surface area contributed by atoms with Gasteiger partial charge in [0.2, 0.25) is 0 Å². The molecular weight excluding hydrogens is 324 g/mol. The SMILES string of the molecule is C=Cc1cccc(Nc2ncnn3ccc(CN4CCC(N)CC4)c23)c1. The Morgan fingerprint density at radius 2 is 2.12 bits per heavy atom. The number of hydrogen-bond donors (Lipinski definition) is 2. The normalized spacial score (nSPS) is 16.0. The summed E-state index contributed by atoms with van der Waals surface area (Å²) in [6, 6.07) is 10.6. The summed E-state index contributed by atoms with van der Waals surface area (Å²) in [5.41, 5.74) is 10.3. The largest absolute Gasteiger partial charge is 0.338 e. The van der Waals surface area contributed by atoms with Crippen molar-refractivity contribution in [2.75, 3.05) is 18.4 Å². The molecule has 6 heteroatoms. The van der Waals surface area contributed by atoms with Crippen LogP contribution >= 0.6 is 0 Å². The highest BCUT2D eigenvalue weighted by atomic mass is 15.3. The van der Waals surface area contributed by atoms with Gasteiger partial charge in [-0.25, -0.2) is 9.50 Å². The maximum atomic E-state index is 6.03. The lowest BCUT2D eigenvalue weighted by molar-refractivity contribution is 0.206. The van der Waals surface area contributed by atoms with Crippen molar-refractivity contribution < 1.29 is 0 Å². The zero-order chi connectivity index (χ0) is 17.9. The minimum atomic E-state index is 0.342. The fourth-order valence-corrected chi connectivity index (χ4v) is 3.47. The number of hydrogen-bond acceptors (Lipinski definition) is 5. The third kappa shape index (κ3) is 3.47. The molecule has 1 saturated heterocycles. The summed E-state index contributed by atoms with van der Waals surface area (Å²) in [7, 11) is 0. The molecule has 3 N–H and O–H groups in total. The fourth-order valence-electron chi connectivity index (χ4n) is 3.47. The van der Waals surface area contributed by atoms with Crippen LogP contribution in [0.5, 0.6) is 0 Å². The Kier molecular flexibility index (Phi) is 4.69. The van der Waals surface area contributed by atoms with Crippen molar-refractivity contribution in [1.82, 2.24) is 19.5 Å². The van der Waals surface area contributed by atoms with E-state index in [2.05, 4.69) is 39.0 Å². The quantitative estimate of drug-likeness (QED) is 0.741. The number of fused-ring (bicyclic) bond motifs is 1. The molecule has 134 valence electrons. The van der Waals surface area contributed by atoms with Gasteiger partial charge in [-0.3, -0.25) is 4.90 Å². The van der Waals surface area contributed by atoms with Crippen LogP contribution in [0.25, 0.3) is 11.6 Å². The first-order valence-corrected chi connectivity index (χ1v) is 9.01. The highest BCUT2D eigenvalue weighted by Gasteiger charge is 2.18. The van der Waals surface area contributed by atoms with Gasteiger partial charge in [0, 0.05) is 24.5 Å². The Labute approximate surface area is 153 Å². The van der Waals surface area contributed by atoms with Crippen molar-refractivity contribution in [2.24, 2.45) is 5.73 Å². The highest BCUT2D eigenvalue weighted by molar-refractivity contribution is 5.77. The number of anilines is 2. The number of nitrogens with zero attached hydrogens (tertiary/aromatic N) is 4. The minimum Gasteiger partial charge on any atom is -0.338 e. The van der Waals surface area contributed by atoms with Gasteiger partial charge >= 0.3 is 0 Å². The number of nitrogens with one attached hydrogen (secondary N) is 1. The third-order valence-corrected chi connectivity index (χ3v) is 4.95. The number of aromatic nitrogens is 3. The van der Waals surface area contributed by atoms with Crippen LogP contribution < -0.4 is 11.1 Å². The van der Waals surface area contributed by atoms with E-state index in [9.17, 15) is 0 Å². The van der Waals surface area contributed by atoms with Gasteiger partial charge in [0.05, 0.1) is 0 Å². The van der Waals surface area contributed by atoms with Gasteiger partial charge in [0.15, 0.2) is 5.82 Å². The maximum Gasteiger partial charge on any atom is 0.158 e. The van der Waals surface area contributed by atoms with E-state index in [0.717, 1.165) is 55.1 Å². The molecule has 0 saturated carbocycles. The van der Waals surface area contributed by atoms with Crippen LogP contribution in [-0.2, 0) is 6.54 Å². The van der Waals surface area contributed by atoms with E-state index < -0.39 is 0 Å². The van der Waals surface area contributed by atoms with Gasteiger partial charge in [0.25, 0.3) is 0 Å². The van der Waals surface area contributed by atoms with Gasteiger partial charge in [-0.2, -0.15) is 5.10 Å². The van der Waals surface area contributed by atoms with Crippen LogP contribution in [0.15, 0.2) is 49.4 Å². The molecule has 0 spiro atoms. The fraction of sp³-hybridized carbons (Fsp3) is 0.300. The summed E-state index contributed by atoms with van der Waals surface area (Å²) < 4.78 is 1.89. The Morgan fingerprint density at radius 3 is 2.92 bits per heavy atom. The Morgan fingerprint density at radius 1 is 1.27 bits per heavy atom. The van der Waals surface area contributed by atoms with Crippen molar-refractivity contribution >= 4 is 23.1 Å². The van der Waals surface area contributed by atoms with Crippen molar-refractivity contribution in [1.29, 1.82) is 0 Å². The van der Waals surface area contributed by atoms with Gasteiger partial charge < -0.3 is 11.1 Å². The molecule has 4 rings (SSSR count). The summed E-state index contributed by atoms with van der Waals surface area (Å²) in [6.45, 7) is 6.80. The zero-order valence-electron chi connectivity index (χ0n) is 14.8. The first-order chi connectivity index (χ1) is 12.7. The Balaban J connectivity index is 1.62. The van der Waals surface area contributed by atoms with Gasteiger partial charge in [0.1, 0.15) is 11.8 Å². The van der Waals surface area contributed by atoms with Gasteiger partial charge in [-0.1, -0.05) is 24.8 Å². The first-order valence-electron chi connectivity index (χ1n) is 9.01. The molecule has 0 atom stereocenters. The van der Waals surface area contributed by atoms with E-state index in [-0.39, 0.29) is 0 Å². The van der Waals surface area contributed by atoms with E-state index in [1.807, 2.05) is 35.0 Å². The molecule has 0 radical (unpaired) electrons. The second-order valence-corrected chi connectivity index (χ2v) is 6.81. The van der Waals surface area contributed by atoms with E-state index in [1.54, 1.807) is 6.33 Å². The summed E-state index contributed by atoms with van der Waals surface area (Å²) in [5.74, 6) is 0.815. The molecule has 0 aliphatic carbocycles. The summed E-state index contributed by atoms with van der Waals surface area (Å²) in [6.07, 6.45) is 7.53. The van der Waals surface area contributed by atoms with Crippen LogP contribution in [-0.4, -0.2) is 38.6 Å². The molecule has 26 heavy (non-hydrogen) atoms. The monoisotopic (exact) mass is 348 g/mol. The zero-order valence-corrected chi connectivity index (χ0v) is 14.8. The maximum absolute atomic E-state index is 6.03. The van der Waals surface area contributed by atoms with E-state index in [0.29, 0.717) is 6.04 Å². The van der Waals surface area contributed by atoms with E-state index in [1.165, 1.54) is 5.56 Å². The molecule has 0 bridgehead atoms. The van der Waals surface area contributed by atoms with Crippen LogP contribution in [0.4, 0.5) is 11.5 Å². The van der Waals surface area contributed by atoms with Crippen molar-refractivity contribution in [2.45, 2.75) is 25.4 Å². The number of likely N-dealkylation sites (tertiary alicyclic amines) is 1. The average Bonchev–Trinajstić information content (AvgIpc) is 3.08. The molecule has 1 aliphatic rings. The standard InChI is InChI=1S/C20H24N6/c1-2-15-4-3-5-18(12-15)24-20-19-16(6-11-26(19)23-14-22-20)13-25-9-7-17(21)8-10-25/h2-6,11-12,14,17H,1,7-10,13,21H2,(H,22,23,24). The second kappa shape index (κ2) is 7.27. The molecule has 1 aromatic carbocycles. The molecule has 0 unspecified atom stereocenters. The van der Waals surface area contributed by atoms with Crippen molar-refractivity contribution in [3.8, 4) is 0 Å². The lowest BCUT2D eigenvalue weighted by Crippen LogP contribution is -2.39. The predicted molar refractivity (Wildman–Crippen MR) is 105 cm³/mol. The number of benzene rings is 1. The Hall–Kier alpha value is -2.70. The van der Waals surface area contributed by atoms with Crippen molar-refractivity contribution in [3.63, 3.8) is 0 Å². The minimum absolute atomic E-state index is 0.342. The number of piperidine rings is 1. The van der Waals surface area contributed by atoms with Crippen LogP contribution in [0.3, 0.4) is 0 Å². The second-order valence-electron chi connectivity index (χ2n) is 6.81. The molecular formula is C20H24N6. The molecule has 2 aromatic heterocycles. The van der Waals surface area contributed by atoms with Crippen molar-refractivity contribution in [3.05, 3.63) is 60.6 Å².